The van der Waals surface area contributed by atoms with Crippen LogP contribution in [0.25, 0.3) is 0 Å². The van der Waals surface area contributed by atoms with E-state index in [4.69, 9.17) is 5.73 Å². The van der Waals surface area contributed by atoms with Crippen molar-refractivity contribution in [2.45, 2.75) is 45.1 Å². The van der Waals surface area contributed by atoms with Crippen LogP contribution in [0, 0.1) is 5.92 Å². The zero-order valence-electron chi connectivity index (χ0n) is 10.9. The molecule has 1 aromatic rings. The lowest BCUT2D eigenvalue weighted by atomic mass is 9.86. The van der Waals surface area contributed by atoms with Crippen LogP contribution in [0.5, 0.6) is 0 Å². The van der Waals surface area contributed by atoms with Crippen LogP contribution in [-0.2, 0) is 6.42 Å². The Labute approximate surface area is 108 Å². The number of nitrogen functional groups attached to an aromatic ring is 1. The topological polar surface area (TPSA) is 84.1 Å². The monoisotopic (exact) mass is 250 g/mol. The largest absolute Gasteiger partial charge is 0.393 e. The summed E-state index contributed by atoms with van der Waals surface area (Å²) >= 11 is 0. The Morgan fingerprint density at radius 1 is 1.39 bits per heavy atom. The van der Waals surface area contributed by atoms with E-state index in [1.807, 2.05) is 6.92 Å². The summed E-state index contributed by atoms with van der Waals surface area (Å²) in [6, 6.07) is 0. The zero-order chi connectivity index (χ0) is 13.0. The fourth-order valence-electron chi connectivity index (χ4n) is 2.58. The lowest BCUT2D eigenvalue weighted by molar-refractivity contribution is 0.0763. The van der Waals surface area contributed by atoms with Crippen molar-refractivity contribution in [2.75, 3.05) is 17.6 Å². The van der Waals surface area contributed by atoms with Gasteiger partial charge in [-0.25, -0.2) is 9.97 Å². The first-order chi connectivity index (χ1) is 8.72. The predicted octanol–water partition coefficient (Wildman–Crippen LogP) is 1.58. The summed E-state index contributed by atoms with van der Waals surface area (Å²) in [7, 11) is 0. The number of nitrogens with two attached hydrogens (primary N) is 1. The van der Waals surface area contributed by atoms with Gasteiger partial charge in [0.05, 0.1) is 6.10 Å². The van der Waals surface area contributed by atoms with Crippen molar-refractivity contribution in [3.63, 3.8) is 0 Å². The molecule has 1 aliphatic carbocycles. The van der Waals surface area contributed by atoms with Crippen molar-refractivity contribution in [3.05, 3.63) is 11.9 Å². The molecule has 2 unspecified atom stereocenters. The predicted molar refractivity (Wildman–Crippen MR) is 72.3 cm³/mol. The summed E-state index contributed by atoms with van der Waals surface area (Å²) in [5.41, 5.74) is 6.79. The summed E-state index contributed by atoms with van der Waals surface area (Å²) in [5, 5.41) is 13.2. The molecule has 5 heteroatoms. The molecule has 2 atom stereocenters. The van der Waals surface area contributed by atoms with E-state index in [-0.39, 0.29) is 6.10 Å². The molecule has 4 N–H and O–H groups in total. The fraction of sp³-hybridized carbons (Fsp3) is 0.692. The molecule has 0 saturated heterocycles. The number of hydrogen-bond acceptors (Lipinski definition) is 5. The van der Waals surface area contributed by atoms with E-state index in [2.05, 4.69) is 15.3 Å². The van der Waals surface area contributed by atoms with Gasteiger partial charge >= 0.3 is 0 Å². The molecule has 2 rings (SSSR count). The van der Waals surface area contributed by atoms with Gasteiger partial charge in [-0.05, 0) is 19.3 Å². The van der Waals surface area contributed by atoms with Crippen LogP contribution in [0.1, 0.15) is 38.2 Å². The maximum atomic E-state index is 9.93. The molecule has 0 radical (unpaired) electrons. The van der Waals surface area contributed by atoms with Gasteiger partial charge < -0.3 is 16.2 Å². The molecule has 1 heterocycles. The van der Waals surface area contributed by atoms with Crippen LogP contribution in [0.2, 0.25) is 0 Å². The Balaban J connectivity index is 1.99. The molecule has 5 nitrogen and oxygen atoms in total. The average Bonchev–Trinajstić information content (AvgIpc) is 2.38. The number of aliphatic hydroxyl groups is 1. The van der Waals surface area contributed by atoms with E-state index in [9.17, 15) is 5.11 Å². The SMILES string of the molecule is CCc1c(N)ncnc1NCC1CCCCC1O. The minimum Gasteiger partial charge on any atom is -0.393 e. The number of hydrogen-bond donors (Lipinski definition) is 3. The smallest absolute Gasteiger partial charge is 0.134 e. The molecule has 0 aromatic carbocycles. The van der Waals surface area contributed by atoms with Crippen molar-refractivity contribution in [1.82, 2.24) is 9.97 Å². The highest BCUT2D eigenvalue weighted by molar-refractivity contribution is 5.54. The third-order valence-corrected chi connectivity index (χ3v) is 3.73. The van der Waals surface area contributed by atoms with Crippen LogP contribution < -0.4 is 11.1 Å². The minimum absolute atomic E-state index is 0.185. The highest BCUT2D eigenvalue weighted by Crippen LogP contribution is 2.25. The maximum Gasteiger partial charge on any atom is 0.134 e. The summed E-state index contributed by atoms with van der Waals surface area (Å²) in [6.07, 6.45) is 6.44. The number of rotatable bonds is 4. The number of aromatic nitrogens is 2. The normalized spacial score (nSPS) is 23.9. The highest BCUT2D eigenvalue weighted by Gasteiger charge is 2.23. The van der Waals surface area contributed by atoms with Gasteiger partial charge in [-0.2, -0.15) is 0 Å². The molecule has 0 amide bonds. The molecule has 0 spiro atoms. The lowest BCUT2D eigenvalue weighted by Crippen LogP contribution is -2.30. The Bertz CT molecular complexity index is 397. The first-order valence-electron chi connectivity index (χ1n) is 6.73. The Morgan fingerprint density at radius 3 is 2.89 bits per heavy atom. The Morgan fingerprint density at radius 2 is 2.17 bits per heavy atom. The molecule has 1 aromatic heterocycles. The second-order valence-corrected chi connectivity index (χ2v) is 4.93. The van der Waals surface area contributed by atoms with Gasteiger partial charge in [0.2, 0.25) is 0 Å². The summed E-state index contributed by atoms with van der Waals surface area (Å²) in [6.45, 7) is 2.79. The molecule has 100 valence electrons. The van der Waals surface area contributed by atoms with Crippen molar-refractivity contribution in [2.24, 2.45) is 5.92 Å². The van der Waals surface area contributed by atoms with Gasteiger partial charge in [-0.3, -0.25) is 0 Å². The molecule has 18 heavy (non-hydrogen) atoms. The Hall–Kier alpha value is -1.36. The van der Waals surface area contributed by atoms with E-state index in [0.29, 0.717) is 11.7 Å². The fourth-order valence-corrected chi connectivity index (χ4v) is 2.58. The molecular weight excluding hydrogens is 228 g/mol. The van der Waals surface area contributed by atoms with Crippen LogP contribution in [-0.4, -0.2) is 27.7 Å². The van der Waals surface area contributed by atoms with Gasteiger partial charge in [0.25, 0.3) is 0 Å². The number of aliphatic hydroxyl groups excluding tert-OH is 1. The van der Waals surface area contributed by atoms with E-state index in [0.717, 1.165) is 43.6 Å². The molecule has 1 aliphatic rings. The van der Waals surface area contributed by atoms with Crippen LogP contribution in [0.4, 0.5) is 11.6 Å². The van der Waals surface area contributed by atoms with Crippen molar-refractivity contribution < 1.29 is 5.11 Å². The maximum absolute atomic E-state index is 9.93. The number of nitrogens with zero attached hydrogens (tertiary/aromatic N) is 2. The number of anilines is 2. The summed E-state index contributed by atoms with van der Waals surface area (Å²) < 4.78 is 0. The van der Waals surface area contributed by atoms with E-state index in [1.165, 1.54) is 12.7 Å². The molecular formula is C13H22N4O. The molecule has 0 aliphatic heterocycles. The van der Waals surface area contributed by atoms with Crippen LogP contribution in [0.15, 0.2) is 6.33 Å². The molecule has 1 saturated carbocycles. The van der Waals surface area contributed by atoms with Crippen molar-refractivity contribution >= 4 is 11.6 Å². The second-order valence-electron chi connectivity index (χ2n) is 4.93. The van der Waals surface area contributed by atoms with Crippen molar-refractivity contribution in [1.29, 1.82) is 0 Å². The zero-order valence-corrected chi connectivity index (χ0v) is 10.9. The number of nitrogens with one attached hydrogen (secondary N) is 1. The first-order valence-corrected chi connectivity index (χ1v) is 6.73. The standard InChI is InChI=1S/C13H22N4O/c1-2-10-12(14)16-8-17-13(10)15-7-9-5-3-4-6-11(9)18/h8-9,11,18H,2-7H2,1H3,(H3,14,15,16,17). The van der Waals surface area contributed by atoms with Gasteiger partial charge in [0.1, 0.15) is 18.0 Å². The average molecular weight is 250 g/mol. The van der Waals surface area contributed by atoms with Crippen LogP contribution in [0.3, 0.4) is 0 Å². The van der Waals surface area contributed by atoms with Gasteiger partial charge in [0, 0.05) is 18.0 Å². The third kappa shape index (κ3) is 2.90. The van der Waals surface area contributed by atoms with Gasteiger partial charge in [-0.1, -0.05) is 19.8 Å². The quantitative estimate of drug-likeness (QED) is 0.755. The molecule has 0 bridgehead atoms. The molecule has 1 fully saturated rings. The summed E-state index contributed by atoms with van der Waals surface area (Å²) in [4.78, 5) is 8.23. The highest BCUT2D eigenvalue weighted by atomic mass is 16.3. The summed E-state index contributed by atoms with van der Waals surface area (Å²) in [5.74, 6) is 1.67. The third-order valence-electron chi connectivity index (χ3n) is 3.73. The van der Waals surface area contributed by atoms with Crippen molar-refractivity contribution in [3.8, 4) is 0 Å². The minimum atomic E-state index is -0.185. The van der Waals surface area contributed by atoms with E-state index >= 15 is 0 Å². The van der Waals surface area contributed by atoms with E-state index in [1.54, 1.807) is 0 Å². The van der Waals surface area contributed by atoms with Crippen LogP contribution >= 0.6 is 0 Å². The van der Waals surface area contributed by atoms with Gasteiger partial charge in [-0.15, -0.1) is 0 Å². The second kappa shape index (κ2) is 6.00. The lowest BCUT2D eigenvalue weighted by Gasteiger charge is -2.28. The van der Waals surface area contributed by atoms with Gasteiger partial charge in [0.15, 0.2) is 0 Å². The first kappa shape index (κ1) is 13.1. The Kier molecular flexibility index (Phi) is 4.36. The van der Waals surface area contributed by atoms with E-state index < -0.39 is 0 Å².